The lowest BCUT2D eigenvalue weighted by Gasteiger charge is -2.08. The summed E-state index contributed by atoms with van der Waals surface area (Å²) in [5.74, 6) is 0.274. The zero-order valence-corrected chi connectivity index (χ0v) is 11.0. The zero-order valence-electron chi connectivity index (χ0n) is 10.2. The summed E-state index contributed by atoms with van der Waals surface area (Å²) in [4.78, 5) is 23.0. The van der Waals surface area contributed by atoms with Crippen LogP contribution in [0.5, 0.6) is 11.5 Å². The molecule has 2 fully saturated rings. The summed E-state index contributed by atoms with van der Waals surface area (Å²) in [6, 6.07) is 4.64. The topological polar surface area (TPSA) is 52.6 Å². The van der Waals surface area contributed by atoms with Gasteiger partial charge in [-0.05, 0) is 37.8 Å². The predicted molar refractivity (Wildman–Crippen MR) is 68.2 cm³/mol. The average Bonchev–Trinajstić information content (AvgIpc) is 3.25. The van der Waals surface area contributed by atoms with Crippen LogP contribution in [0.2, 0.25) is 5.02 Å². The van der Waals surface area contributed by atoms with E-state index in [1.807, 2.05) is 0 Å². The van der Waals surface area contributed by atoms with Gasteiger partial charge in [-0.3, -0.25) is 9.59 Å². The molecule has 1 aromatic rings. The molecule has 0 aliphatic heterocycles. The van der Waals surface area contributed by atoms with Crippen molar-refractivity contribution >= 4 is 23.5 Å². The molecule has 2 aliphatic rings. The second kappa shape index (κ2) is 4.85. The van der Waals surface area contributed by atoms with Crippen LogP contribution < -0.4 is 9.47 Å². The molecular formula is C14H13ClO4. The van der Waals surface area contributed by atoms with Crippen LogP contribution in [-0.4, -0.2) is 11.9 Å². The van der Waals surface area contributed by atoms with Gasteiger partial charge in [-0.2, -0.15) is 0 Å². The minimum absolute atomic E-state index is 0.0171. The maximum absolute atomic E-state index is 11.5. The Balaban J connectivity index is 1.66. The van der Waals surface area contributed by atoms with Crippen molar-refractivity contribution in [2.75, 3.05) is 0 Å². The summed E-state index contributed by atoms with van der Waals surface area (Å²) in [5, 5.41) is 0.273. The molecule has 0 heterocycles. The summed E-state index contributed by atoms with van der Waals surface area (Å²) >= 11 is 6.01. The summed E-state index contributed by atoms with van der Waals surface area (Å²) in [6.07, 6.45) is 3.55. The minimum Gasteiger partial charge on any atom is -0.426 e. The maximum atomic E-state index is 11.5. The lowest BCUT2D eigenvalue weighted by molar-refractivity contribution is -0.136. The maximum Gasteiger partial charge on any atom is 0.314 e. The number of hydrogen-bond acceptors (Lipinski definition) is 4. The third kappa shape index (κ3) is 3.07. The van der Waals surface area contributed by atoms with Gasteiger partial charge in [0.1, 0.15) is 11.5 Å². The molecular weight excluding hydrogens is 268 g/mol. The molecule has 0 saturated heterocycles. The van der Waals surface area contributed by atoms with Gasteiger partial charge in [-0.1, -0.05) is 11.6 Å². The molecule has 3 rings (SSSR count). The van der Waals surface area contributed by atoms with Gasteiger partial charge in [-0.15, -0.1) is 0 Å². The lowest BCUT2D eigenvalue weighted by Crippen LogP contribution is -2.11. The minimum atomic E-state index is -0.246. The van der Waals surface area contributed by atoms with Crippen LogP contribution in [0.25, 0.3) is 0 Å². The molecule has 0 amide bonds. The van der Waals surface area contributed by atoms with E-state index in [1.54, 1.807) is 12.1 Å². The summed E-state index contributed by atoms with van der Waals surface area (Å²) in [5.41, 5.74) is 0. The average molecular weight is 281 g/mol. The lowest BCUT2D eigenvalue weighted by atomic mass is 10.3. The van der Waals surface area contributed by atoms with E-state index >= 15 is 0 Å². The quantitative estimate of drug-likeness (QED) is 0.628. The van der Waals surface area contributed by atoms with Crippen molar-refractivity contribution < 1.29 is 19.1 Å². The first-order chi connectivity index (χ1) is 9.13. The number of benzene rings is 1. The van der Waals surface area contributed by atoms with Gasteiger partial charge in [-0.25, -0.2) is 0 Å². The van der Waals surface area contributed by atoms with Crippen molar-refractivity contribution in [1.29, 1.82) is 0 Å². The first-order valence-electron chi connectivity index (χ1n) is 6.36. The fraction of sp³-hybridized carbons (Fsp3) is 0.429. The molecule has 1 aromatic carbocycles. The van der Waals surface area contributed by atoms with Crippen LogP contribution >= 0.6 is 11.6 Å². The van der Waals surface area contributed by atoms with E-state index in [1.165, 1.54) is 6.07 Å². The standard InChI is InChI=1S/C14H13ClO4/c15-11-7-10(18-13(16)8-1-2-8)5-6-12(11)19-14(17)9-3-4-9/h5-9H,1-4H2. The molecule has 0 unspecified atom stereocenters. The third-order valence-corrected chi connectivity index (χ3v) is 3.45. The number of carbonyl (C=O) groups excluding carboxylic acids is 2. The smallest absolute Gasteiger partial charge is 0.314 e. The van der Waals surface area contributed by atoms with Crippen LogP contribution in [0, 0.1) is 11.8 Å². The van der Waals surface area contributed by atoms with Crippen LogP contribution in [-0.2, 0) is 9.59 Å². The predicted octanol–water partition coefficient (Wildman–Crippen LogP) is 2.97. The van der Waals surface area contributed by atoms with Crippen LogP contribution in [0.1, 0.15) is 25.7 Å². The highest BCUT2D eigenvalue weighted by Gasteiger charge is 2.33. The van der Waals surface area contributed by atoms with Gasteiger partial charge in [0.15, 0.2) is 0 Å². The second-order valence-corrected chi connectivity index (χ2v) is 5.39. The number of esters is 2. The molecule has 0 spiro atoms. The van der Waals surface area contributed by atoms with Crippen LogP contribution in [0.4, 0.5) is 0 Å². The van der Waals surface area contributed by atoms with E-state index in [2.05, 4.69) is 0 Å². The van der Waals surface area contributed by atoms with E-state index < -0.39 is 0 Å². The van der Waals surface area contributed by atoms with Gasteiger partial charge in [0.25, 0.3) is 0 Å². The van der Waals surface area contributed by atoms with E-state index in [0.29, 0.717) is 11.5 Å². The molecule has 100 valence electrons. The van der Waals surface area contributed by atoms with Crippen molar-refractivity contribution in [3.8, 4) is 11.5 Å². The Hall–Kier alpha value is -1.55. The highest BCUT2D eigenvalue weighted by Crippen LogP contribution is 2.35. The molecule has 0 N–H and O–H groups in total. The Kier molecular flexibility index (Phi) is 3.19. The van der Waals surface area contributed by atoms with Crippen LogP contribution in [0.15, 0.2) is 18.2 Å². The van der Waals surface area contributed by atoms with Gasteiger partial charge in [0.05, 0.1) is 16.9 Å². The fourth-order valence-electron chi connectivity index (χ4n) is 1.66. The van der Waals surface area contributed by atoms with Crippen LogP contribution in [0.3, 0.4) is 0 Å². The van der Waals surface area contributed by atoms with E-state index in [0.717, 1.165) is 25.7 Å². The molecule has 2 saturated carbocycles. The Morgan fingerprint density at radius 3 is 2.11 bits per heavy atom. The number of halogens is 1. The van der Waals surface area contributed by atoms with Gasteiger partial charge in [0.2, 0.25) is 0 Å². The first kappa shape index (κ1) is 12.5. The Labute approximate surface area is 115 Å². The van der Waals surface area contributed by atoms with Crippen molar-refractivity contribution in [2.24, 2.45) is 11.8 Å². The number of carbonyl (C=O) groups is 2. The number of rotatable bonds is 4. The van der Waals surface area contributed by atoms with Crippen molar-refractivity contribution in [3.63, 3.8) is 0 Å². The monoisotopic (exact) mass is 280 g/mol. The van der Waals surface area contributed by atoms with Crippen molar-refractivity contribution in [3.05, 3.63) is 23.2 Å². The summed E-state index contributed by atoms with van der Waals surface area (Å²) < 4.78 is 10.4. The van der Waals surface area contributed by atoms with Gasteiger partial charge >= 0.3 is 11.9 Å². The highest BCUT2D eigenvalue weighted by atomic mass is 35.5. The normalized spacial score (nSPS) is 17.9. The van der Waals surface area contributed by atoms with E-state index in [-0.39, 0.29) is 28.8 Å². The largest absolute Gasteiger partial charge is 0.426 e. The summed E-state index contributed by atoms with van der Waals surface area (Å²) in [7, 11) is 0. The van der Waals surface area contributed by atoms with Gasteiger partial charge in [0, 0.05) is 6.07 Å². The number of ether oxygens (including phenoxy) is 2. The Bertz CT molecular complexity index is 532. The van der Waals surface area contributed by atoms with Crippen molar-refractivity contribution in [1.82, 2.24) is 0 Å². The van der Waals surface area contributed by atoms with Gasteiger partial charge < -0.3 is 9.47 Å². The molecule has 0 radical (unpaired) electrons. The molecule has 0 atom stereocenters. The first-order valence-corrected chi connectivity index (χ1v) is 6.74. The molecule has 0 bridgehead atoms. The Morgan fingerprint density at radius 1 is 1.00 bits per heavy atom. The highest BCUT2D eigenvalue weighted by molar-refractivity contribution is 6.32. The summed E-state index contributed by atoms with van der Waals surface area (Å²) in [6.45, 7) is 0. The molecule has 2 aliphatic carbocycles. The van der Waals surface area contributed by atoms with E-state index in [4.69, 9.17) is 21.1 Å². The molecule has 19 heavy (non-hydrogen) atoms. The molecule has 0 aromatic heterocycles. The second-order valence-electron chi connectivity index (χ2n) is 4.98. The zero-order chi connectivity index (χ0) is 13.4. The molecule has 5 heteroatoms. The number of hydrogen-bond donors (Lipinski definition) is 0. The van der Waals surface area contributed by atoms with E-state index in [9.17, 15) is 9.59 Å². The fourth-order valence-corrected chi connectivity index (χ4v) is 1.87. The SMILES string of the molecule is O=C(Oc1ccc(OC(=O)C2CC2)c(Cl)c1)C1CC1. The third-order valence-electron chi connectivity index (χ3n) is 3.15. The molecule has 4 nitrogen and oxygen atoms in total. The Morgan fingerprint density at radius 2 is 1.58 bits per heavy atom. The van der Waals surface area contributed by atoms with Crippen molar-refractivity contribution in [2.45, 2.75) is 25.7 Å².